The number of ether oxygens (including phenoxy) is 2. The molecule has 0 N–H and O–H groups in total. The van der Waals surface area contributed by atoms with Gasteiger partial charge < -0.3 is 9.47 Å². The predicted molar refractivity (Wildman–Crippen MR) is 65.1 cm³/mol. The summed E-state index contributed by atoms with van der Waals surface area (Å²) in [7, 11) is 3.25. The van der Waals surface area contributed by atoms with Crippen molar-refractivity contribution in [1.82, 2.24) is 0 Å². The number of para-hydroxylation sites is 1. The largest absolute Gasteiger partial charge is 0.501 e. The number of hydrogen-bond acceptors (Lipinski definition) is 3. The van der Waals surface area contributed by atoms with Crippen molar-refractivity contribution in [1.29, 1.82) is 0 Å². The molecule has 1 unspecified atom stereocenters. The van der Waals surface area contributed by atoms with Crippen LogP contribution in [0.1, 0.15) is 24.3 Å². The SMILES string of the molecule is COC1=CC(=O)CC(c2ccccc2OC)C1. The van der Waals surface area contributed by atoms with Crippen LogP contribution in [-0.2, 0) is 9.53 Å². The van der Waals surface area contributed by atoms with E-state index in [1.165, 1.54) is 0 Å². The number of benzene rings is 1. The first kappa shape index (κ1) is 11.7. The molecule has 1 aliphatic rings. The summed E-state index contributed by atoms with van der Waals surface area (Å²) in [5.41, 5.74) is 1.08. The number of ketones is 1. The standard InChI is InChI=1S/C14H16O3/c1-16-12-8-10(7-11(15)9-12)13-5-3-4-6-14(13)17-2/h3-6,9-10H,7-8H2,1-2H3. The molecule has 0 aromatic heterocycles. The average molecular weight is 232 g/mol. The zero-order chi connectivity index (χ0) is 12.3. The molecule has 0 amide bonds. The molecule has 3 heteroatoms. The Morgan fingerprint density at radius 3 is 2.59 bits per heavy atom. The normalized spacial score (nSPS) is 19.8. The van der Waals surface area contributed by atoms with Crippen molar-refractivity contribution >= 4 is 5.78 Å². The zero-order valence-electron chi connectivity index (χ0n) is 10.1. The van der Waals surface area contributed by atoms with Crippen LogP contribution < -0.4 is 4.74 Å². The molecule has 1 aromatic carbocycles. The van der Waals surface area contributed by atoms with Crippen LogP contribution in [0.2, 0.25) is 0 Å². The van der Waals surface area contributed by atoms with Gasteiger partial charge in [-0.25, -0.2) is 0 Å². The predicted octanol–water partition coefficient (Wildman–Crippen LogP) is 2.67. The van der Waals surface area contributed by atoms with Gasteiger partial charge in [-0.1, -0.05) is 18.2 Å². The van der Waals surface area contributed by atoms with E-state index < -0.39 is 0 Å². The minimum Gasteiger partial charge on any atom is -0.501 e. The molecular weight excluding hydrogens is 216 g/mol. The maximum Gasteiger partial charge on any atom is 0.159 e. The van der Waals surface area contributed by atoms with Crippen molar-refractivity contribution < 1.29 is 14.3 Å². The van der Waals surface area contributed by atoms with Crippen molar-refractivity contribution in [2.45, 2.75) is 18.8 Å². The van der Waals surface area contributed by atoms with Gasteiger partial charge in [0.25, 0.3) is 0 Å². The molecular formula is C14H16O3. The number of carbonyl (C=O) groups excluding carboxylic acids is 1. The molecule has 1 aliphatic carbocycles. The molecule has 2 rings (SSSR count). The molecule has 0 saturated carbocycles. The van der Waals surface area contributed by atoms with Crippen molar-refractivity contribution in [3.05, 3.63) is 41.7 Å². The summed E-state index contributed by atoms with van der Waals surface area (Å²) >= 11 is 0. The summed E-state index contributed by atoms with van der Waals surface area (Å²) < 4.78 is 10.5. The molecule has 3 nitrogen and oxygen atoms in total. The molecule has 1 aromatic rings. The van der Waals surface area contributed by atoms with Crippen LogP contribution in [0, 0.1) is 0 Å². The van der Waals surface area contributed by atoms with Gasteiger partial charge in [0, 0.05) is 24.8 Å². The second-order valence-corrected chi connectivity index (χ2v) is 4.13. The third kappa shape index (κ3) is 2.49. The Labute approximate surface area is 101 Å². The lowest BCUT2D eigenvalue weighted by atomic mass is 9.85. The van der Waals surface area contributed by atoms with E-state index in [1.807, 2.05) is 24.3 Å². The van der Waals surface area contributed by atoms with Crippen molar-refractivity contribution in [2.24, 2.45) is 0 Å². The number of hydrogen-bond donors (Lipinski definition) is 0. The first-order valence-corrected chi connectivity index (χ1v) is 5.65. The van der Waals surface area contributed by atoms with E-state index in [4.69, 9.17) is 9.47 Å². The van der Waals surface area contributed by atoms with Crippen molar-refractivity contribution in [3.8, 4) is 5.75 Å². The molecule has 0 spiro atoms. The number of methoxy groups -OCH3 is 2. The summed E-state index contributed by atoms with van der Waals surface area (Å²) in [5.74, 6) is 1.85. The number of rotatable bonds is 3. The smallest absolute Gasteiger partial charge is 0.159 e. The lowest BCUT2D eigenvalue weighted by Crippen LogP contribution is -2.14. The molecule has 0 fully saturated rings. The Morgan fingerprint density at radius 1 is 1.12 bits per heavy atom. The highest BCUT2D eigenvalue weighted by Crippen LogP contribution is 2.36. The number of allylic oxidation sites excluding steroid dienone is 2. The lowest BCUT2D eigenvalue weighted by molar-refractivity contribution is -0.115. The van der Waals surface area contributed by atoms with E-state index in [2.05, 4.69) is 0 Å². The van der Waals surface area contributed by atoms with Crippen LogP contribution in [0.15, 0.2) is 36.1 Å². The quantitative estimate of drug-likeness (QED) is 0.803. The van der Waals surface area contributed by atoms with Gasteiger partial charge >= 0.3 is 0 Å². The van der Waals surface area contributed by atoms with E-state index >= 15 is 0 Å². The topological polar surface area (TPSA) is 35.5 Å². The van der Waals surface area contributed by atoms with Gasteiger partial charge in [-0.2, -0.15) is 0 Å². The maximum atomic E-state index is 11.6. The maximum absolute atomic E-state index is 11.6. The monoisotopic (exact) mass is 232 g/mol. The van der Waals surface area contributed by atoms with E-state index in [0.29, 0.717) is 6.42 Å². The molecule has 0 bridgehead atoms. The van der Waals surface area contributed by atoms with Crippen LogP contribution in [-0.4, -0.2) is 20.0 Å². The van der Waals surface area contributed by atoms with Crippen LogP contribution in [0.3, 0.4) is 0 Å². The summed E-state index contributed by atoms with van der Waals surface area (Å²) in [5, 5.41) is 0. The minimum absolute atomic E-state index is 0.115. The summed E-state index contributed by atoms with van der Waals surface area (Å²) in [6, 6.07) is 7.83. The fourth-order valence-electron chi connectivity index (χ4n) is 2.22. The first-order chi connectivity index (χ1) is 8.24. The molecule has 17 heavy (non-hydrogen) atoms. The second-order valence-electron chi connectivity index (χ2n) is 4.13. The minimum atomic E-state index is 0.115. The van der Waals surface area contributed by atoms with Crippen LogP contribution in [0.5, 0.6) is 5.75 Å². The van der Waals surface area contributed by atoms with Gasteiger partial charge in [-0.3, -0.25) is 4.79 Å². The Morgan fingerprint density at radius 2 is 1.88 bits per heavy atom. The molecule has 0 saturated heterocycles. The number of carbonyl (C=O) groups is 1. The summed E-state index contributed by atoms with van der Waals surface area (Å²) in [6.07, 6.45) is 2.86. The van der Waals surface area contributed by atoms with Crippen molar-refractivity contribution in [2.75, 3.05) is 14.2 Å². The third-order valence-electron chi connectivity index (χ3n) is 3.06. The molecule has 1 atom stereocenters. The fraction of sp³-hybridized carbons (Fsp3) is 0.357. The van der Waals surface area contributed by atoms with Crippen LogP contribution in [0.4, 0.5) is 0 Å². The van der Waals surface area contributed by atoms with Gasteiger partial charge in [-0.05, 0) is 11.6 Å². The average Bonchev–Trinajstić information content (AvgIpc) is 2.37. The van der Waals surface area contributed by atoms with Gasteiger partial charge in [0.15, 0.2) is 5.78 Å². The molecule has 0 aliphatic heterocycles. The van der Waals surface area contributed by atoms with Crippen LogP contribution in [0.25, 0.3) is 0 Å². The molecule has 0 heterocycles. The van der Waals surface area contributed by atoms with Gasteiger partial charge in [-0.15, -0.1) is 0 Å². The van der Waals surface area contributed by atoms with E-state index in [1.54, 1.807) is 20.3 Å². The second kappa shape index (κ2) is 5.04. The Balaban J connectivity index is 2.29. The summed E-state index contributed by atoms with van der Waals surface area (Å²) in [6.45, 7) is 0. The molecule has 90 valence electrons. The zero-order valence-corrected chi connectivity index (χ0v) is 10.1. The summed E-state index contributed by atoms with van der Waals surface area (Å²) in [4.78, 5) is 11.6. The fourth-order valence-corrected chi connectivity index (χ4v) is 2.22. The van der Waals surface area contributed by atoms with E-state index in [0.717, 1.165) is 23.5 Å². The Bertz CT molecular complexity index is 449. The van der Waals surface area contributed by atoms with Crippen LogP contribution >= 0.6 is 0 Å². The Hall–Kier alpha value is -1.77. The van der Waals surface area contributed by atoms with Gasteiger partial charge in [0.1, 0.15) is 5.75 Å². The lowest BCUT2D eigenvalue weighted by Gasteiger charge is -2.23. The van der Waals surface area contributed by atoms with Gasteiger partial charge in [0.2, 0.25) is 0 Å². The Kier molecular flexibility index (Phi) is 3.47. The highest BCUT2D eigenvalue weighted by molar-refractivity contribution is 5.91. The first-order valence-electron chi connectivity index (χ1n) is 5.65. The molecule has 0 radical (unpaired) electrons. The van der Waals surface area contributed by atoms with E-state index in [9.17, 15) is 4.79 Å². The highest BCUT2D eigenvalue weighted by atomic mass is 16.5. The van der Waals surface area contributed by atoms with Gasteiger partial charge in [0.05, 0.1) is 20.0 Å². The van der Waals surface area contributed by atoms with E-state index in [-0.39, 0.29) is 11.7 Å². The van der Waals surface area contributed by atoms with Crippen molar-refractivity contribution in [3.63, 3.8) is 0 Å². The highest BCUT2D eigenvalue weighted by Gasteiger charge is 2.24. The third-order valence-corrected chi connectivity index (χ3v) is 3.06.